The van der Waals surface area contributed by atoms with Crippen LogP contribution in [0.25, 0.3) is 5.65 Å². The zero-order chi connectivity index (χ0) is 12.3. The molecule has 0 spiro atoms. The Morgan fingerprint density at radius 1 is 1.47 bits per heavy atom. The number of fused-ring (bicyclic) bond motifs is 1. The second-order valence-corrected chi connectivity index (χ2v) is 3.37. The molecule has 0 radical (unpaired) electrons. The predicted octanol–water partition coefficient (Wildman–Crippen LogP) is 0.188. The van der Waals surface area contributed by atoms with Crippen LogP contribution in [0.2, 0.25) is 0 Å². The minimum atomic E-state index is -2.51. The van der Waals surface area contributed by atoms with Gasteiger partial charge < -0.3 is 10.0 Å². The van der Waals surface area contributed by atoms with Crippen molar-refractivity contribution in [3.8, 4) is 0 Å². The summed E-state index contributed by atoms with van der Waals surface area (Å²) in [4.78, 5) is 5.30. The lowest BCUT2D eigenvalue weighted by Gasteiger charge is -2.22. The first kappa shape index (κ1) is 11.6. The van der Waals surface area contributed by atoms with E-state index in [9.17, 15) is 8.78 Å². The molecule has 0 fully saturated rings. The van der Waals surface area contributed by atoms with Crippen molar-refractivity contribution in [2.45, 2.75) is 6.43 Å². The van der Waals surface area contributed by atoms with Gasteiger partial charge in [0.1, 0.15) is 6.33 Å². The molecule has 0 saturated heterocycles. The Balaban J connectivity index is 2.36. The lowest BCUT2D eigenvalue weighted by molar-refractivity contribution is 0.152. The highest BCUT2D eigenvalue weighted by Crippen LogP contribution is 2.16. The number of anilines is 1. The van der Waals surface area contributed by atoms with Crippen molar-refractivity contribution >= 4 is 11.5 Å². The maximum absolute atomic E-state index is 12.4. The summed E-state index contributed by atoms with van der Waals surface area (Å²) in [6, 6.07) is 0. The molecule has 8 heteroatoms. The molecule has 2 aromatic heterocycles. The van der Waals surface area contributed by atoms with Gasteiger partial charge in [-0.3, -0.25) is 4.40 Å². The summed E-state index contributed by atoms with van der Waals surface area (Å²) in [5.41, 5.74) is 0.390. The Bertz CT molecular complexity index is 489. The third kappa shape index (κ3) is 2.47. The molecule has 0 aliphatic heterocycles. The topological polar surface area (TPSA) is 66.5 Å². The van der Waals surface area contributed by atoms with E-state index in [-0.39, 0.29) is 13.2 Å². The number of hydrogen-bond donors (Lipinski definition) is 1. The summed E-state index contributed by atoms with van der Waals surface area (Å²) in [5, 5.41) is 16.4. The summed E-state index contributed by atoms with van der Waals surface area (Å²) in [5.74, 6) is 0.291. The molecule has 0 aliphatic carbocycles. The normalized spacial score (nSPS) is 11.3. The fourth-order valence-electron chi connectivity index (χ4n) is 1.54. The molecule has 0 atom stereocenters. The van der Waals surface area contributed by atoms with E-state index >= 15 is 0 Å². The minimum Gasteiger partial charge on any atom is -0.395 e. The number of alkyl halides is 2. The van der Waals surface area contributed by atoms with Gasteiger partial charge in [-0.1, -0.05) is 0 Å². The number of hydrogen-bond acceptors (Lipinski definition) is 5. The molecular weight excluding hydrogens is 232 g/mol. The Hall–Kier alpha value is -1.83. The fraction of sp³-hybridized carbons (Fsp3) is 0.444. The molecule has 0 unspecified atom stereocenters. The van der Waals surface area contributed by atoms with Crippen molar-refractivity contribution in [3.63, 3.8) is 0 Å². The molecule has 92 valence electrons. The number of nitrogens with zero attached hydrogens (tertiary/aromatic N) is 5. The van der Waals surface area contributed by atoms with Crippen molar-refractivity contribution in [1.29, 1.82) is 0 Å². The van der Waals surface area contributed by atoms with Gasteiger partial charge in [0.2, 0.25) is 5.65 Å². The van der Waals surface area contributed by atoms with Crippen LogP contribution in [0.5, 0.6) is 0 Å². The van der Waals surface area contributed by atoms with Crippen LogP contribution in [0, 0.1) is 0 Å². The van der Waals surface area contributed by atoms with E-state index in [0.29, 0.717) is 11.5 Å². The third-order valence-corrected chi connectivity index (χ3v) is 2.23. The molecule has 0 aromatic carbocycles. The van der Waals surface area contributed by atoms with Gasteiger partial charge in [0.25, 0.3) is 6.43 Å². The van der Waals surface area contributed by atoms with E-state index in [4.69, 9.17) is 5.11 Å². The molecule has 0 bridgehead atoms. The molecule has 2 aromatic rings. The van der Waals surface area contributed by atoms with E-state index < -0.39 is 13.0 Å². The minimum absolute atomic E-state index is 0.0733. The SMILES string of the molecule is OCCN(CC(F)F)c1nccn2cnnc12. The van der Waals surface area contributed by atoms with Gasteiger partial charge in [-0.05, 0) is 0 Å². The van der Waals surface area contributed by atoms with Gasteiger partial charge in [0.15, 0.2) is 5.82 Å². The standard InChI is InChI=1S/C9H11F2N5O/c10-7(11)5-15(3-4-17)8-9-14-13-6-16(9)2-1-12-8/h1-2,6-7,17H,3-5H2. The first-order valence-corrected chi connectivity index (χ1v) is 5.00. The van der Waals surface area contributed by atoms with E-state index in [1.807, 2.05) is 0 Å². The molecule has 6 nitrogen and oxygen atoms in total. The molecule has 2 rings (SSSR count). The molecular formula is C9H11F2N5O. The van der Waals surface area contributed by atoms with Crippen LogP contribution in [-0.2, 0) is 0 Å². The maximum atomic E-state index is 12.4. The highest BCUT2D eigenvalue weighted by molar-refractivity contribution is 5.63. The van der Waals surface area contributed by atoms with E-state index in [1.54, 1.807) is 10.6 Å². The Morgan fingerprint density at radius 3 is 3.00 bits per heavy atom. The monoisotopic (exact) mass is 243 g/mol. The lowest BCUT2D eigenvalue weighted by atomic mass is 10.4. The zero-order valence-corrected chi connectivity index (χ0v) is 8.87. The highest BCUT2D eigenvalue weighted by Gasteiger charge is 2.17. The Labute approximate surface area is 95.5 Å². The highest BCUT2D eigenvalue weighted by atomic mass is 19.3. The first-order chi connectivity index (χ1) is 8.22. The van der Waals surface area contributed by atoms with Crippen molar-refractivity contribution in [1.82, 2.24) is 19.6 Å². The van der Waals surface area contributed by atoms with Crippen LogP contribution in [0.15, 0.2) is 18.7 Å². The predicted molar refractivity (Wildman–Crippen MR) is 56.1 cm³/mol. The molecule has 0 amide bonds. The molecule has 0 aliphatic rings. The van der Waals surface area contributed by atoms with Gasteiger partial charge in [-0.2, -0.15) is 0 Å². The van der Waals surface area contributed by atoms with Gasteiger partial charge in [-0.15, -0.1) is 10.2 Å². The number of aromatic nitrogens is 4. The molecule has 2 heterocycles. The van der Waals surface area contributed by atoms with Gasteiger partial charge >= 0.3 is 0 Å². The van der Waals surface area contributed by atoms with Crippen LogP contribution in [0.3, 0.4) is 0 Å². The molecule has 0 saturated carbocycles. The van der Waals surface area contributed by atoms with Crippen molar-refractivity contribution < 1.29 is 13.9 Å². The summed E-state index contributed by atoms with van der Waals surface area (Å²) >= 11 is 0. The number of halogens is 2. The number of aliphatic hydroxyl groups excluding tert-OH is 1. The lowest BCUT2D eigenvalue weighted by Crippen LogP contribution is -2.32. The van der Waals surface area contributed by atoms with Crippen LogP contribution < -0.4 is 4.90 Å². The van der Waals surface area contributed by atoms with Crippen molar-refractivity contribution in [2.75, 3.05) is 24.6 Å². The quantitative estimate of drug-likeness (QED) is 0.812. The van der Waals surface area contributed by atoms with E-state index in [2.05, 4.69) is 15.2 Å². The summed E-state index contributed by atoms with van der Waals surface area (Å²) in [6.45, 7) is -0.659. The fourth-order valence-corrected chi connectivity index (χ4v) is 1.54. The second kappa shape index (κ2) is 5.00. The van der Waals surface area contributed by atoms with E-state index in [0.717, 1.165) is 0 Å². The van der Waals surface area contributed by atoms with Crippen LogP contribution >= 0.6 is 0 Å². The van der Waals surface area contributed by atoms with Gasteiger partial charge in [-0.25, -0.2) is 13.8 Å². The smallest absolute Gasteiger partial charge is 0.255 e. The summed E-state index contributed by atoms with van der Waals surface area (Å²) < 4.78 is 26.4. The summed E-state index contributed by atoms with van der Waals surface area (Å²) in [6.07, 6.45) is 2.05. The van der Waals surface area contributed by atoms with Gasteiger partial charge in [0, 0.05) is 18.9 Å². The Morgan fingerprint density at radius 2 is 2.29 bits per heavy atom. The average Bonchev–Trinajstić information content (AvgIpc) is 2.75. The summed E-state index contributed by atoms with van der Waals surface area (Å²) in [7, 11) is 0. The number of aliphatic hydroxyl groups is 1. The molecule has 17 heavy (non-hydrogen) atoms. The van der Waals surface area contributed by atoms with Crippen molar-refractivity contribution in [3.05, 3.63) is 18.7 Å². The Kier molecular flexibility index (Phi) is 3.43. The third-order valence-electron chi connectivity index (χ3n) is 2.23. The second-order valence-electron chi connectivity index (χ2n) is 3.37. The average molecular weight is 243 g/mol. The largest absolute Gasteiger partial charge is 0.395 e. The van der Waals surface area contributed by atoms with Crippen LogP contribution in [0.1, 0.15) is 0 Å². The van der Waals surface area contributed by atoms with Crippen LogP contribution in [0.4, 0.5) is 14.6 Å². The number of rotatable bonds is 5. The van der Waals surface area contributed by atoms with Crippen LogP contribution in [-0.4, -0.2) is 50.8 Å². The van der Waals surface area contributed by atoms with Gasteiger partial charge in [0.05, 0.1) is 13.2 Å². The molecule has 1 N–H and O–H groups in total. The maximum Gasteiger partial charge on any atom is 0.255 e. The van der Waals surface area contributed by atoms with E-state index in [1.165, 1.54) is 17.4 Å². The first-order valence-electron chi connectivity index (χ1n) is 5.00. The van der Waals surface area contributed by atoms with Crippen molar-refractivity contribution in [2.24, 2.45) is 0 Å². The zero-order valence-electron chi connectivity index (χ0n) is 8.87.